The summed E-state index contributed by atoms with van der Waals surface area (Å²) >= 11 is 1.78. The minimum Gasteiger partial charge on any atom is -0.442 e. The van der Waals surface area contributed by atoms with Crippen molar-refractivity contribution in [3.05, 3.63) is 48.0 Å². The molecule has 0 bridgehead atoms. The molecule has 1 aliphatic heterocycles. The van der Waals surface area contributed by atoms with E-state index in [2.05, 4.69) is 21.9 Å². The molecule has 1 aromatic heterocycles. The van der Waals surface area contributed by atoms with E-state index >= 15 is 0 Å². The second-order valence-corrected chi connectivity index (χ2v) is 7.91. The van der Waals surface area contributed by atoms with Crippen LogP contribution in [0.25, 0.3) is 11.1 Å². The lowest BCUT2D eigenvalue weighted by molar-refractivity contribution is -0.119. The van der Waals surface area contributed by atoms with Gasteiger partial charge in [-0.1, -0.05) is 6.07 Å². The van der Waals surface area contributed by atoms with Crippen LogP contribution in [-0.4, -0.2) is 54.7 Å². The Morgan fingerprint density at radius 1 is 1.37 bits per heavy atom. The van der Waals surface area contributed by atoms with Gasteiger partial charge in [-0.15, -0.1) is 0 Å². The van der Waals surface area contributed by atoms with Crippen LogP contribution in [0.1, 0.15) is 12.6 Å². The first kappa shape index (κ1) is 22.0. The number of amides is 2. The van der Waals surface area contributed by atoms with E-state index in [0.29, 0.717) is 23.4 Å². The summed E-state index contributed by atoms with van der Waals surface area (Å²) in [4.78, 5) is 28.9. The van der Waals surface area contributed by atoms with Crippen LogP contribution in [0.4, 0.5) is 14.9 Å². The van der Waals surface area contributed by atoms with Crippen molar-refractivity contribution in [3.8, 4) is 11.1 Å². The van der Waals surface area contributed by atoms with Gasteiger partial charge in [0.1, 0.15) is 11.9 Å². The Hall–Kier alpha value is -2.65. The molecule has 7 nitrogen and oxygen atoms in total. The molecule has 2 N–H and O–H groups in total. The van der Waals surface area contributed by atoms with E-state index in [0.717, 1.165) is 18.0 Å². The molecule has 1 aliphatic rings. The molecule has 0 radical (unpaired) electrons. The maximum atomic E-state index is 14.8. The SMILES string of the molecule is CSCCNCc1ccc(-c2ccc(N3C[C@H](CNC(C)=O)OC3=O)cc2F)cn1. The summed E-state index contributed by atoms with van der Waals surface area (Å²) in [7, 11) is 0. The molecule has 160 valence electrons. The van der Waals surface area contributed by atoms with Crippen LogP contribution < -0.4 is 15.5 Å². The van der Waals surface area contributed by atoms with E-state index in [-0.39, 0.29) is 19.0 Å². The molecule has 0 spiro atoms. The normalized spacial score (nSPS) is 15.9. The summed E-state index contributed by atoms with van der Waals surface area (Å²) < 4.78 is 20.0. The Balaban J connectivity index is 1.65. The fraction of sp³-hybridized carbons (Fsp3) is 0.381. The van der Waals surface area contributed by atoms with Gasteiger partial charge in [-0.3, -0.25) is 14.7 Å². The van der Waals surface area contributed by atoms with Gasteiger partial charge in [-0.25, -0.2) is 9.18 Å². The zero-order valence-electron chi connectivity index (χ0n) is 17.0. The number of thioether (sulfide) groups is 1. The standard InChI is InChI=1S/C21H25FN4O3S/c1-14(27)24-12-18-13-26(21(28)29-18)17-5-6-19(20(22)9-17)15-3-4-16(25-10-15)11-23-7-8-30-2/h3-6,9-10,18,23H,7-8,11-13H2,1-2H3,(H,24,27)/t18-/m0/s1. The molecule has 1 aromatic carbocycles. The highest BCUT2D eigenvalue weighted by Gasteiger charge is 2.32. The minimum absolute atomic E-state index is 0.199. The number of pyridine rings is 1. The summed E-state index contributed by atoms with van der Waals surface area (Å²) in [5.41, 5.74) is 2.38. The van der Waals surface area contributed by atoms with Gasteiger partial charge in [-0.2, -0.15) is 11.8 Å². The third kappa shape index (κ3) is 5.70. The summed E-state index contributed by atoms with van der Waals surface area (Å²) in [5, 5.41) is 5.92. The Labute approximate surface area is 179 Å². The number of hydrogen-bond donors (Lipinski definition) is 2. The largest absolute Gasteiger partial charge is 0.442 e. The van der Waals surface area contributed by atoms with Crippen LogP contribution in [0.15, 0.2) is 36.5 Å². The van der Waals surface area contributed by atoms with Crippen LogP contribution in [0.5, 0.6) is 0 Å². The van der Waals surface area contributed by atoms with Crippen molar-refractivity contribution in [1.82, 2.24) is 15.6 Å². The second-order valence-electron chi connectivity index (χ2n) is 6.93. The maximum absolute atomic E-state index is 14.8. The average molecular weight is 433 g/mol. The highest BCUT2D eigenvalue weighted by molar-refractivity contribution is 7.98. The maximum Gasteiger partial charge on any atom is 0.414 e. The van der Waals surface area contributed by atoms with Gasteiger partial charge in [-0.05, 0) is 30.5 Å². The molecule has 1 fully saturated rings. The Bertz CT molecular complexity index is 894. The fourth-order valence-corrected chi connectivity index (χ4v) is 3.43. The molecule has 2 heterocycles. The number of cyclic esters (lactones) is 1. The number of rotatable bonds is 9. The molecule has 2 amide bonds. The van der Waals surface area contributed by atoms with Gasteiger partial charge < -0.3 is 15.4 Å². The van der Waals surface area contributed by atoms with Gasteiger partial charge in [0.05, 0.1) is 24.5 Å². The lowest BCUT2D eigenvalue weighted by Gasteiger charge is -2.14. The van der Waals surface area contributed by atoms with Crippen LogP contribution in [0, 0.1) is 5.82 Å². The lowest BCUT2D eigenvalue weighted by atomic mass is 10.1. The van der Waals surface area contributed by atoms with Crippen LogP contribution in [0.3, 0.4) is 0 Å². The predicted molar refractivity (Wildman–Crippen MR) is 116 cm³/mol. The monoisotopic (exact) mass is 432 g/mol. The topological polar surface area (TPSA) is 83.6 Å². The third-order valence-electron chi connectivity index (χ3n) is 4.64. The van der Waals surface area contributed by atoms with Crippen LogP contribution >= 0.6 is 11.8 Å². The molecule has 30 heavy (non-hydrogen) atoms. The zero-order valence-corrected chi connectivity index (χ0v) is 17.8. The third-order valence-corrected chi connectivity index (χ3v) is 5.25. The number of aromatic nitrogens is 1. The van der Waals surface area contributed by atoms with E-state index < -0.39 is 18.0 Å². The molecular weight excluding hydrogens is 407 g/mol. The fourth-order valence-electron chi connectivity index (χ4n) is 3.08. The molecule has 2 aromatic rings. The highest BCUT2D eigenvalue weighted by Crippen LogP contribution is 2.28. The highest BCUT2D eigenvalue weighted by atomic mass is 32.2. The summed E-state index contributed by atoms with van der Waals surface area (Å²) in [5.74, 6) is 0.391. The van der Waals surface area contributed by atoms with Crippen molar-refractivity contribution in [2.24, 2.45) is 0 Å². The van der Waals surface area contributed by atoms with Crippen molar-refractivity contribution in [3.63, 3.8) is 0 Å². The van der Waals surface area contributed by atoms with Gasteiger partial charge in [0.2, 0.25) is 5.91 Å². The Kier molecular flexibility index (Phi) is 7.64. The smallest absolute Gasteiger partial charge is 0.414 e. The van der Waals surface area contributed by atoms with Gasteiger partial charge in [0.15, 0.2) is 0 Å². The Morgan fingerprint density at radius 2 is 2.20 bits per heavy atom. The van der Waals surface area contributed by atoms with Crippen LogP contribution in [-0.2, 0) is 16.1 Å². The number of halogens is 1. The molecule has 1 atom stereocenters. The first-order valence-corrected chi connectivity index (χ1v) is 11.0. The average Bonchev–Trinajstić information content (AvgIpc) is 3.11. The van der Waals surface area contributed by atoms with Crippen LogP contribution in [0.2, 0.25) is 0 Å². The number of nitrogens with one attached hydrogen (secondary N) is 2. The molecule has 0 saturated carbocycles. The number of carbonyl (C=O) groups excluding carboxylic acids is 2. The number of nitrogens with zero attached hydrogens (tertiary/aromatic N) is 2. The predicted octanol–water partition coefficient (Wildman–Crippen LogP) is 2.80. The van der Waals surface area contributed by atoms with Crippen molar-refractivity contribution in [2.45, 2.75) is 19.6 Å². The molecule has 1 saturated heterocycles. The second kappa shape index (κ2) is 10.4. The van der Waals surface area contributed by atoms with Crippen molar-refractivity contribution in [2.75, 3.05) is 36.5 Å². The number of carbonyl (C=O) groups is 2. The number of benzene rings is 1. The zero-order chi connectivity index (χ0) is 21.5. The molecule has 0 unspecified atom stereocenters. The van der Waals surface area contributed by atoms with Crippen molar-refractivity contribution in [1.29, 1.82) is 0 Å². The van der Waals surface area contributed by atoms with Crippen molar-refractivity contribution < 1.29 is 18.7 Å². The number of anilines is 1. The minimum atomic E-state index is -0.558. The van der Waals surface area contributed by atoms with E-state index in [1.54, 1.807) is 30.1 Å². The summed E-state index contributed by atoms with van der Waals surface area (Å²) in [6.07, 6.45) is 2.69. The molecule has 0 aliphatic carbocycles. The first-order valence-electron chi connectivity index (χ1n) is 9.65. The van der Waals surface area contributed by atoms with Crippen molar-refractivity contribution >= 4 is 29.4 Å². The quantitative estimate of drug-likeness (QED) is 0.593. The molecular formula is C21H25FN4O3S. The molecule has 3 rings (SSSR count). The van der Waals surface area contributed by atoms with Gasteiger partial charge >= 0.3 is 6.09 Å². The lowest BCUT2D eigenvalue weighted by Crippen LogP contribution is -2.33. The number of ether oxygens (including phenoxy) is 1. The van der Waals surface area contributed by atoms with Gasteiger partial charge in [0.25, 0.3) is 0 Å². The van der Waals surface area contributed by atoms with E-state index in [4.69, 9.17) is 4.74 Å². The summed E-state index contributed by atoms with van der Waals surface area (Å²) in [6.45, 7) is 3.44. The summed E-state index contributed by atoms with van der Waals surface area (Å²) in [6, 6.07) is 8.34. The van der Waals surface area contributed by atoms with Gasteiger partial charge in [0, 0.05) is 43.1 Å². The first-order chi connectivity index (χ1) is 14.5. The Morgan fingerprint density at radius 3 is 2.87 bits per heavy atom. The van der Waals surface area contributed by atoms with E-state index in [1.165, 1.54) is 17.9 Å². The number of hydrogen-bond acceptors (Lipinski definition) is 6. The van der Waals surface area contributed by atoms with E-state index in [9.17, 15) is 14.0 Å². The van der Waals surface area contributed by atoms with E-state index in [1.807, 2.05) is 12.1 Å². The molecule has 9 heteroatoms.